The first kappa shape index (κ1) is 18.6. The Kier molecular flexibility index (Phi) is 7.14. The number of benzene rings is 1. The average Bonchev–Trinajstić information content (AvgIpc) is 2.44. The van der Waals surface area contributed by atoms with E-state index in [0.717, 1.165) is 11.1 Å². The number of rotatable bonds is 4. The fraction of sp³-hybridized carbons (Fsp3) is 0.444. The lowest BCUT2D eigenvalue weighted by Crippen LogP contribution is -2.34. The van der Waals surface area contributed by atoms with E-state index in [0.29, 0.717) is 19.5 Å². The molecule has 1 aromatic carbocycles. The van der Waals surface area contributed by atoms with Crippen LogP contribution in [0.3, 0.4) is 0 Å². The third kappa shape index (κ3) is 9.20. The van der Waals surface area contributed by atoms with Gasteiger partial charge in [-0.1, -0.05) is 23.6 Å². The van der Waals surface area contributed by atoms with E-state index in [4.69, 9.17) is 4.74 Å². The lowest BCUT2D eigenvalue weighted by Gasteiger charge is -2.19. The van der Waals surface area contributed by atoms with Gasteiger partial charge < -0.3 is 15.4 Å². The Morgan fingerprint density at radius 2 is 1.70 bits per heavy atom. The summed E-state index contributed by atoms with van der Waals surface area (Å²) in [5, 5.41) is 5.31. The summed E-state index contributed by atoms with van der Waals surface area (Å²) in [5.74, 6) is 5.01. The Balaban J connectivity index is 2.20. The minimum atomic E-state index is -0.510. The first-order chi connectivity index (χ1) is 10.8. The predicted molar refractivity (Wildman–Crippen MR) is 89.9 cm³/mol. The van der Waals surface area contributed by atoms with E-state index in [2.05, 4.69) is 22.5 Å². The molecule has 5 nitrogen and oxygen atoms in total. The van der Waals surface area contributed by atoms with Crippen LogP contribution in [-0.2, 0) is 9.53 Å². The Morgan fingerprint density at radius 1 is 1.09 bits per heavy atom. The molecule has 0 bridgehead atoms. The molecule has 1 aromatic rings. The third-order valence-corrected chi connectivity index (χ3v) is 2.68. The molecule has 1 rings (SSSR count). The largest absolute Gasteiger partial charge is 0.444 e. The van der Waals surface area contributed by atoms with Crippen molar-refractivity contribution in [2.75, 3.05) is 13.1 Å². The van der Waals surface area contributed by atoms with E-state index in [1.54, 1.807) is 20.8 Å². The Hall–Kier alpha value is -2.48. The molecule has 0 aliphatic carbocycles. The Bertz CT molecular complexity index is 589. The van der Waals surface area contributed by atoms with Crippen LogP contribution in [0.4, 0.5) is 4.79 Å². The number of nitrogens with one attached hydrogen (secondary N) is 2. The quantitative estimate of drug-likeness (QED) is 0.662. The number of carbonyl (C=O) groups excluding carboxylic acids is 2. The van der Waals surface area contributed by atoms with Gasteiger partial charge in [0, 0.05) is 24.6 Å². The molecule has 0 saturated carbocycles. The van der Waals surface area contributed by atoms with E-state index >= 15 is 0 Å². The fourth-order valence-corrected chi connectivity index (χ4v) is 1.60. The van der Waals surface area contributed by atoms with Gasteiger partial charge in [0.15, 0.2) is 0 Å². The topological polar surface area (TPSA) is 67.4 Å². The molecule has 0 spiro atoms. The smallest absolute Gasteiger partial charge is 0.407 e. The number of alkyl carbamates (subject to hydrolysis) is 1. The van der Waals surface area contributed by atoms with Crippen LogP contribution in [0.25, 0.3) is 0 Å². The second kappa shape index (κ2) is 8.84. The fourth-order valence-electron chi connectivity index (χ4n) is 1.60. The van der Waals surface area contributed by atoms with Crippen molar-refractivity contribution in [2.24, 2.45) is 0 Å². The third-order valence-electron chi connectivity index (χ3n) is 2.68. The molecule has 0 saturated heterocycles. The number of hydrogen-bond acceptors (Lipinski definition) is 3. The van der Waals surface area contributed by atoms with E-state index in [-0.39, 0.29) is 5.91 Å². The molecule has 124 valence electrons. The number of ether oxygens (including phenoxy) is 1. The summed E-state index contributed by atoms with van der Waals surface area (Å²) in [4.78, 5) is 23.0. The van der Waals surface area contributed by atoms with E-state index in [1.807, 2.05) is 31.2 Å². The summed E-state index contributed by atoms with van der Waals surface area (Å²) in [6.07, 6.45) is 0.153. The van der Waals surface area contributed by atoms with Crippen LogP contribution >= 0.6 is 0 Å². The molecule has 2 amide bonds. The van der Waals surface area contributed by atoms with Gasteiger partial charge >= 0.3 is 6.09 Å². The predicted octanol–water partition coefficient (Wildman–Crippen LogP) is 2.38. The van der Waals surface area contributed by atoms with Gasteiger partial charge in [-0.05, 0) is 46.2 Å². The van der Waals surface area contributed by atoms with Crippen molar-refractivity contribution in [3.63, 3.8) is 0 Å². The average molecular weight is 316 g/mol. The van der Waals surface area contributed by atoms with Crippen LogP contribution in [0.15, 0.2) is 24.3 Å². The summed E-state index contributed by atoms with van der Waals surface area (Å²) in [6.45, 7) is 8.28. The zero-order chi connectivity index (χ0) is 17.3. The van der Waals surface area contributed by atoms with Gasteiger partial charge in [0.1, 0.15) is 5.60 Å². The van der Waals surface area contributed by atoms with Crippen LogP contribution in [0, 0.1) is 18.8 Å². The second-order valence-corrected chi connectivity index (χ2v) is 6.15. The first-order valence-corrected chi connectivity index (χ1v) is 7.59. The van der Waals surface area contributed by atoms with Crippen molar-refractivity contribution in [1.82, 2.24) is 10.6 Å². The molecule has 2 N–H and O–H groups in total. The number of carbonyl (C=O) groups is 2. The van der Waals surface area contributed by atoms with Crippen molar-refractivity contribution in [1.29, 1.82) is 0 Å². The van der Waals surface area contributed by atoms with Crippen molar-refractivity contribution in [3.05, 3.63) is 35.4 Å². The molecule has 5 heteroatoms. The van der Waals surface area contributed by atoms with Crippen LogP contribution in [0.5, 0.6) is 0 Å². The highest BCUT2D eigenvalue weighted by Crippen LogP contribution is 2.06. The standard InChI is InChI=1S/C18H24N2O3/c1-14-6-8-15(9-7-14)10-11-16(21)19-12-5-13-20-17(22)23-18(2,3)4/h6-9H,5,12-13H2,1-4H3,(H,19,21)(H,20,22). The van der Waals surface area contributed by atoms with Gasteiger partial charge in [-0.25, -0.2) is 4.79 Å². The van der Waals surface area contributed by atoms with Gasteiger partial charge in [0.2, 0.25) is 0 Å². The maximum absolute atomic E-state index is 11.6. The molecule has 0 aliphatic rings. The summed E-state index contributed by atoms with van der Waals surface area (Å²) >= 11 is 0. The molecule has 0 atom stereocenters. The Labute approximate surface area is 137 Å². The Morgan fingerprint density at radius 3 is 2.30 bits per heavy atom. The molecular formula is C18H24N2O3. The first-order valence-electron chi connectivity index (χ1n) is 7.59. The lowest BCUT2D eigenvalue weighted by atomic mass is 10.1. The van der Waals surface area contributed by atoms with Gasteiger partial charge in [-0.3, -0.25) is 4.79 Å². The second-order valence-electron chi connectivity index (χ2n) is 6.15. The number of amides is 2. The zero-order valence-electron chi connectivity index (χ0n) is 14.2. The highest BCUT2D eigenvalue weighted by Gasteiger charge is 2.15. The minimum Gasteiger partial charge on any atom is -0.444 e. The van der Waals surface area contributed by atoms with Gasteiger partial charge in [-0.15, -0.1) is 0 Å². The molecular weight excluding hydrogens is 292 g/mol. The number of hydrogen-bond donors (Lipinski definition) is 2. The van der Waals surface area contributed by atoms with Crippen molar-refractivity contribution >= 4 is 12.0 Å². The molecule has 0 heterocycles. The maximum Gasteiger partial charge on any atom is 0.407 e. The van der Waals surface area contributed by atoms with E-state index < -0.39 is 11.7 Å². The zero-order valence-corrected chi connectivity index (χ0v) is 14.2. The van der Waals surface area contributed by atoms with Crippen molar-refractivity contribution in [3.8, 4) is 11.8 Å². The lowest BCUT2D eigenvalue weighted by molar-refractivity contribution is -0.115. The summed E-state index contributed by atoms with van der Waals surface area (Å²) in [7, 11) is 0. The molecule has 0 aliphatic heterocycles. The highest BCUT2D eigenvalue weighted by molar-refractivity contribution is 5.94. The summed E-state index contributed by atoms with van der Waals surface area (Å²) in [5.41, 5.74) is 1.44. The van der Waals surface area contributed by atoms with E-state index in [1.165, 1.54) is 0 Å². The summed E-state index contributed by atoms with van der Waals surface area (Å²) < 4.78 is 5.10. The molecule has 0 aromatic heterocycles. The van der Waals surface area contributed by atoms with Crippen LogP contribution in [0.2, 0.25) is 0 Å². The normalized spacial score (nSPS) is 10.3. The minimum absolute atomic E-state index is 0.331. The monoisotopic (exact) mass is 316 g/mol. The van der Waals surface area contributed by atoms with Gasteiger partial charge in [-0.2, -0.15) is 0 Å². The van der Waals surface area contributed by atoms with Crippen LogP contribution in [-0.4, -0.2) is 30.7 Å². The number of aryl methyl sites for hydroxylation is 1. The molecule has 23 heavy (non-hydrogen) atoms. The van der Waals surface area contributed by atoms with E-state index in [9.17, 15) is 9.59 Å². The van der Waals surface area contributed by atoms with Gasteiger partial charge in [0.25, 0.3) is 5.91 Å². The van der Waals surface area contributed by atoms with Crippen molar-refractivity contribution in [2.45, 2.75) is 39.7 Å². The summed E-state index contributed by atoms with van der Waals surface area (Å²) in [6, 6.07) is 7.65. The SMILES string of the molecule is Cc1ccc(C#CC(=O)NCCCNC(=O)OC(C)(C)C)cc1. The van der Waals surface area contributed by atoms with Gasteiger partial charge in [0.05, 0.1) is 0 Å². The van der Waals surface area contributed by atoms with Crippen LogP contribution < -0.4 is 10.6 Å². The molecule has 0 unspecified atom stereocenters. The maximum atomic E-state index is 11.6. The highest BCUT2D eigenvalue weighted by atomic mass is 16.6. The molecule has 0 fully saturated rings. The molecule has 0 radical (unpaired) electrons. The van der Waals surface area contributed by atoms with Crippen LogP contribution in [0.1, 0.15) is 38.3 Å². The van der Waals surface area contributed by atoms with Crippen molar-refractivity contribution < 1.29 is 14.3 Å².